The third kappa shape index (κ3) is 5.50. The van der Waals surface area contributed by atoms with Gasteiger partial charge in [0.1, 0.15) is 0 Å². The summed E-state index contributed by atoms with van der Waals surface area (Å²) in [5, 5.41) is 18.4. The number of hydrogen-bond donors (Lipinski definition) is 4. The molecule has 0 radical (unpaired) electrons. The molecule has 1 unspecified atom stereocenters. The van der Waals surface area contributed by atoms with E-state index in [0.29, 0.717) is 25.0 Å². The van der Waals surface area contributed by atoms with Crippen LogP contribution in [0.1, 0.15) is 19.8 Å². The van der Waals surface area contributed by atoms with Crippen molar-refractivity contribution in [3.05, 3.63) is 18.0 Å². The Labute approximate surface area is 144 Å². The van der Waals surface area contributed by atoms with Crippen molar-refractivity contribution in [1.29, 1.82) is 0 Å². The second kappa shape index (κ2) is 8.39. The number of rotatable bonds is 9. The molecule has 2 aromatic heterocycles. The summed E-state index contributed by atoms with van der Waals surface area (Å²) in [5.74, 6) is -0.321. The van der Waals surface area contributed by atoms with E-state index in [1.165, 1.54) is 6.33 Å². The molecule has 0 aromatic carbocycles. The minimum Gasteiger partial charge on any atom is -0.492 e. The number of hydrogen-bond acceptors (Lipinski definition) is 8. The molecule has 11 heteroatoms. The van der Waals surface area contributed by atoms with Crippen LogP contribution in [0.2, 0.25) is 0 Å². The van der Waals surface area contributed by atoms with Crippen LogP contribution in [-0.2, 0) is 15.6 Å². The highest BCUT2D eigenvalue weighted by Crippen LogP contribution is 2.42. The van der Waals surface area contributed by atoms with E-state index < -0.39 is 7.60 Å². The first-order chi connectivity index (χ1) is 11.8. The van der Waals surface area contributed by atoms with Crippen molar-refractivity contribution >= 4 is 24.7 Å². The van der Waals surface area contributed by atoms with Crippen molar-refractivity contribution in [2.24, 2.45) is 0 Å². The standard InChI is InChI=1S/C14H22N5O5P/c1-10(4-2-7-25(22,23)24-6-3-5-20)8-19-9-16-11-12(19)17-14(15)18-13(11)21/h4,9,20H,2-3,5-8H2,1H3,(H,22,23)(H3,15,17,18,21)/b10-4-. The molecule has 5 N–H and O–H groups in total. The van der Waals surface area contributed by atoms with Gasteiger partial charge in [0.05, 0.1) is 19.1 Å². The van der Waals surface area contributed by atoms with Crippen molar-refractivity contribution in [3.8, 4) is 5.88 Å². The maximum absolute atomic E-state index is 11.8. The van der Waals surface area contributed by atoms with Crippen molar-refractivity contribution in [3.63, 3.8) is 0 Å². The smallest absolute Gasteiger partial charge is 0.328 e. The van der Waals surface area contributed by atoms with Gasteiger partial charge in [-0.1, -0.05) is 11.6 Å². The summed E-state index contributed by atoms with van der Waals surface area (Å²) in [4.78, 5) is 21.4. The first-order valence-electron chi connectivity index (χ1n) is 7.72. The quantitative estimate of drug-likeness (QED) is 0.287. The maximum Gasteiger partial charge on any atom is 0.328 e. The fourth-order valence-corrected chi connectivity index (χ4v) is 3.20. The molecule has 25 heavy (non-hydrogen) atoms. The van der Waals surface area contributed by atoms with E-state index >= 15 is 0 Å². The van der Waals surface area contributed by atoms with E-state index in [9.17, 15) is 14.6 Å². The summed E-state index contributed by atoms with van der Waals surface area (Å²) in [6, 6.07) is 0. The number of allylic oxidation sites excluding steroid dienone is 2. The maximum atomic E-state index is 11.8. The van der Waals surface area contributed by atoms with Crippen LogP contribution >= 0.6 is 7.60 Å². The number of aliphatic hydroxyl groups excluding tert-OH is 1. The third-order valence-electron chi connectivity index (χ3n) is 3.38. The van der Waals surface area contributed by atoms with Gasteiger partial charge in [-0.25, -0.2) is 4.98 Å². The lowest BCUT2D eigenvalue weighted by Crippen LogP contribution is -2.02. The highest BCUT2D eigenvalue weighted by molar-refractivity contribution is 7.52. The van der Waals surface area contributed by atoms with Gasteiger partial charge < -0.3 is 29.9 Å². The van der Waals surface area contributed by atoms with Crippen LogP contribution in [0.25, 0.3) is 11.2 Å². The first-order valence-corrected chi connectivity index (χ1v) is 9.49. The Morgan fingerprint density at radius 3 is 2.96 bits per heavy atom. The highest BCUT2D eigenvalue weighted by Gasteiger charge is 2.17. The van der Waals surface area contributed by atoms with Gasteiger partial charge in [0, 0.05) is 13.2 Å². The number of imidazole rings is 1. The Bertz CT molecular complexity index is 806. The van der Waals surface area contributed by atoms with Gasteiger partial charge in [0.15, 0.2) is 11.2 Å². The van der Waals surface area contributed by atoms with Gasteiger partial charge in [-0.3, -0.25) is 4.57 Å². The number of nitrogens with zero attached hydrogens (tertiary/aromatic N) is 4. The SMILES string of the molecule is C/C(=C/CCP(=O)(O)OCCCO)Cn1cnc2c(O)nc(N)nc21. The zero-order chi connectivity index (χ0) is 18.4. The number of nitrogen functional groups attached to an aromatic ring is 1. The molecule has 0 saturated heterocycles. The lowest BCUT2D eigenvalue weighted by atomic mass is 10.2. The van der Waals surface area contributed by atoms with Crippen molar-refractivity contribution in [2.45, 2.75) is 26.3 Å². The lowest BCUT2D eigenvalue weighted by Gasteiger charge is -2.11. The molecule has 0 aliphatic rings. The lowest BCUT2D eigenvalue weighted by molar-refractivity contribution is 0.214. The summed E-state index contributed by atoms with van der Waals surface area (Å²) in [6.07, 6.45) is 4.04. The van der Waals surface area contributed by atoms with E-state index in [1.54, 1.807) is 4.57 Å². The van der Waals surface area contributed by atoms with E-state index in [-0.39, 0.29) is 36.7 Å². The first kappa shape index (κ1) is 19.3. The van der Waals surface area contributed by atoms with Gasteiger partial charge in [-0.2, -0.15) is 9.97 Å². The van der Waals surface area contributed by atoms with Crippen LogP contribution in [0, 0.1) is 0 Å². The number of anilines is 1. The summed E-state index contributed by atoms with van der Waals surface area (Å²) in [7, 11) is -3.65. The summed E-state index contributed by atoms with van der Waals surface area (Å²) >= 11 is 0. The van der Waals surface area contributed by atoms with Crippen molar-refractivity contribution in [1.82, 2.24) is 19.5 Å². The molecule has 0 aliphatic heterocycles. The zero-order valence-corrected chi connectivity index (χ0v) is 14.8. The van der Waals surface area contributed by atoms with Crippen molar-refractivity contribution in [2.75, 3.05) is 25.1 Å². The molecule has 2 heterocycles. The van der Waals surface area contributed by atoms with E-state index in [0.717, 1.165) is 5.57 Å². The Kier molecular flexibility index (Phi) is 6.49. The zero-order valence-electron chi connectivity index (χ0n) is 13.9. The van der Waals surface area contributed by atoms with Gasteiger partial charge in [-0.05, 0) is 19.8 Å². The van der Waals surface area contributed by atoms with Crippen LogP contribution in [0.3, 0.4) is 0 Å². The largest absolute Gasteiger partial charge is 0.492 e. The summed E-state index contributed by atoms with van der Waals surface area (Å²) < 4.78 is 18.4. The highest BCUT2D eigenvalue weighted by atomic mass is 31.2. The molecule has 0 aliphatic carbocycles. The molecule has 2 aromatic rings. The van der Waals surface area contributed by atoms with Crippen LogP contribution in [0.5, 0.6) is 5.88 Å². The van der Waals surface area contributed by atoms with Gasteiger partial charge in [0.2, 0.25) is 11.8 Å². The molecule has 138 valence electrons. The monoisotopic (exact) mass is 371 g/mol. The number of aromatic nitrogens is 4. The molecule has 0 spiro atoms. The molecule has 0 fully saturated rings. The second-order valence-electron chi connectivity index (χ2n) is 5.56. The van der Waals surface area contributed by atoms with Gasteiger partial charge in [-0.15, -0.1) is 0 Å². The minimum atomic E-state index is -3.65. The fraction of sp³-hybridized carbons (Fsp3) is 0.500. The normalized spacial score (nSPS) is 14.8. The second-order valence-corrected chi connectivity index (χ2v) is 7.54. The molecule has 0 saturated carbocycles. The summed E-state index contributed by atoms with van der Waals surface area (Å²) in [5.41, 5.74) is 7.14. The number of aromatic hydroxyl groups is 1. The van der Waals surface area contributed by atoms with Gasteiger partial charge in [0.25, 0.3) is 0 Å². The van der Waals surface area contributed by atoms with Crippen LogP contribution in [0.4, 0.5) is 5.95 Å². The minimum absolute atomic E-state index is 0.00362. The van der Waals surface area contributed by atoms with Crippen LogP contribution in [-0.4, -0.2) is 54.0 Å². The number of nitrogens with two attached hydrogens (primary N) is 1. The topological polar surface area (TPSA) is 157 Å². The predicted octanol–water partition coefficient (Wildman–Crippen LogP) is 1.03. The fourth-order valence-electron chi connectivity index (χ4n) is 2.21. The average molecular weight is 371 g/mol. The number of fused-ring (bicyclic) bond motifs is 1. The average Bonchev–Trinajstić information content (AvgIpc) is 2.90. The number of aliphatic hydroxyl groups is 1. The molecule has 1 atom stereocenters. The third-order valence-corrected chi connectivity index (χ3v) is 4.79. The predicted molar refractivity (Wildman–Crippen MR) is 92.1 cm³/mol. The molecule has 10 nitrogen and oxygen atoms in total. The molecular formula is C14H22N5O5P. The van der Waals surface area contributed by atoms with Crippen molar-refractivity contribution < 1.29 is 24.2 Å². The van der Waals surface area contributed by atoms with Gasteiger partial charge >= 0.3 is 7.60 Å². The van der Waals surface area contributed by atoms with E-state index in [4.69, 9.17) is 15.4 Å². The van der Waals surface area contributed by atoms with Crippen LogP contribution < -0.4 is 5.73 Å². The van der Waals surface area contributed by atoms with E-state index in [1.807, 2.05) is 13.0 Å². The van der Waals surface area contributed by atoms with E-state index in [2.05, 4.69) is 15.0 Å². The Balaban J connectivity index is 1.97. The Morgan fingerprint density at radius 2 is 2.24 bits per heavy atom. The van der Waals surface area contributed by atoms with Crippen LogP contribution in [0.15, 0.2) is 18.0 Å². The molecule has 0 bridgehead atoms. The Hall–Kier alpha value is -2.00. The molecule has 0 amide bonds. The molecular weight excluding hydrogens is 349 g/mol. The Morgan fingerprint density at radius 1 is 1.48 bits per heavy atom. The summed E-state index contributed by atoms with van der Waals surface area (Å²) in [6.45, 7) is 2.28. The molecule has 2 rings (SSSR count).